The van der Waals surface area contributed by atoms with Gasteiger partial charge in [-0.2, -0.15) is 5.10 Å². The van der Waals surface area contributed by atoms with Gasteiger partial charge in [0, 0.05) is 18.9 Å². The third-order valence-corrected chi connectivity index (χ3v) is 0.895. The predicted octanol–water partition coefficient (Wildman–Crippen LogP) is 1.54. The number of hydrogen-bond donors (Lipinski definition) is 0. The Bertz CT molecular complexity index is 216. The molecule has 0 aromatic carbocycles. The van der Waals surface area contributed by atoms with Crippen molar-refractivity contribution in [1.29, 1.82) is 0 Å². The molecule has 0 aliphatic heterocycles. The third kappa shape index (κ3) is 1.88. The fourth-order valence-electron chi connectivity index (χ4n) is 0.610. The zero-order chi connectivity index (χ0) is 8.48. The van der Waals surface area contributed by atoms with Gasteiger partial charge < -0.3 is 0 Å². The first-order valence-electron chi connectivity index (χ1n) is 4.05. The maximum Gasteiger partial charge on any atom is 0.0518 e. The van der Waals surface area contributed by atoms with E-state index in [1.165, 1.54) is 4.68 Å². The summed E-state index contributed by atoms with van der Waals surface area (Å²) in [6.45, 7) is 2.30. The minimum atomic E-state index is -1.37. The molecule has 2 nitrogen and oxygen atoms in total. The minimum Gasteiger partial charge on any atom is -0.273 e. The van der Waals surface area contributed by atoms with Gasteiger partial charge in [0.05, 0.1) is 2.74 Å². The van der Waals surface area contributed by atoms with Crippen molar-refractivity contribution in [1.82, 2.24) is 9.78 Å². The van der Waals surface area contributed by atoms with Crippen LogP contribution in [0, 0.1) is 5.92 Å². The number of hydrogen-bond acceptors (Lipinski definition) is 1. The highest BCUT2D eigenvalue weighted by molar-refractivity contribution is 4.77. The average Bonchev–Trinajstić information content (AvgIpc) is 2.37. The average molecular weight is 126 g/mol. The first-order valence-corrected chi connectivity index (χ1v) is 3.05. The van der Waals surface area contributed by atoms with Crippen molar-refractivity contribution in [3.05, 3.63) is 18.5 Å². The van der Waals surface area contributed by atoms with Gasteiger partial charge in [-0.1, -0.05) is 13.8 Å². The van der Waals surface area contributed by atoms with E-state index >= 15 is 0 Å². The van der Waals surface area contributed by atoms with E-state index in [-0.39, 0.29) is 5.92 Å². The summed E-state index contributed by atoms with van der Waals surface area (Å²) in [6, 6.07) is 1.72. The monoisotopic (exact) mass is 126 g/mol. The molecule has 1 rings (SSSR count). The Kier molecular flexibility index (Phi) is 1.21. The van der Waals surface area contributed by atoms with Crippen LogP contribution in [0.25, 0.3) is 0 Å². The Morgan fingerprint density at radius 1 is 1.78 bits per heavy atom. The highest BCUT2D eigenvalue weighted by atomic mass is 15.3. The summed E-state index contributed by atoms with van der Waals surface area (Å²) < 4.78 is 16.6. The quantitative estimate of drug-likeness (QED) is 0.587. The van der Waals surface area contributed by atoms with Gasteiger partial charge in [0.15, 0.2) is 0 Å². The third-order valence-electron chi connectivity index (χ3n) is 0.895. The Hall–Kier alpha value is -0.790. The van der Waals surface area contributed by atoms with Crippen LogP contribution in [-0.2, 0) is 6.50 Å². The van der Waals surface area contributed by atoms with E-state index in [9.17, 15) is 0 Å². The molecule has 0 aliphatic carbocycles. The molecule has 0 unspecified atom stereocenters. The molecule has 1 aromatic rings. The van der Waals surface area contributed by atoms with Gasteiger partial charge in [0.1, 0.15) is 0 Å². The number of aromatic nitrogens is 2. The van der Waals surface area contributed by atoms with E-state index in [0.717, 1.165) is 0 Å². The summed E-state index contributed by atoms with van der Waals surface area (Å²) in [6.07, 6.45) is 3.22. The van der Waals surface area contributed by atoms with Crippen LogP contribution in [0.5, 0.6) is 0 Å². The van der Waals surface area contributed by atoms with Crippen molar-refractivity contribution in [2.75, 3.05) is 0 Å². The minimum absolute atomic E-state index is 0.0672. The summed E-state index contributed by atoms with van der Waals surface area (Å²) in [5.74, 6) is -0.0672. The molecule has 0 N–H and O–H groups in total. The molecule has 0 radical (unpaired) electrons. The second-order valence-corrected chi connectivity index (χ2v) is 2.23. The van der Waals surface area contributed by atoms with Crippen LogP contribution < -0.4 is 0 Å². The Morgan fingerprint density at radius 3 is 3.00 bits per heavy atom. The molecule has 0 saturated heterocycles. The molecule has 0 atom stereocenters. The van der Waals surface area contributed by atoms with E-state index in [0.29, 0.717) is 0 Å². The van der Waals surface area contributed by atoms with Crippen LogP contribution >= 0.6 is 0 Å². The fourth-order valence-corrected chi connectivity index (χ4v) is 0.610. The van der Waals surface area contributed by atoms with Crippen LogP contribution in [0.4, 0.5) is 0 Å². The normalized spacial score (nSPS) is 15.4. The van der Waals surface area contributed by atoms with Gasteiger partial charge in [-0.05, 0) is 12.0 Å². The lowest BCUT2D eigenvalue weighted by atomic mass is 10.2. The van der Waals surface area contributed by atoms with E-state index < -0.39 is 6.50 Å². The lowest BCUT2D eigenvalue weighted by Crippen LogP contribution is -2.03. The molecule has 1 heterocycles. The summed E-state index contributed by atoms with van der Waals surface area (Å²) in [7, 11) is 0. The molecule has 0 bridgehead atoms. The van der Waals surface area contributed by atoms with Crippen molar-refractivity contribution < 1.29 is 2.74 Å². The molecule has 0 saturated carbocycles. The molecule has 0 fully saturated rings. The standard InChI is InChI=1S/C7H12N2/c1-7(2)6-9-5-3-4-8-9/h3-5,7H,6H2,1-2H3/i6D2. The summed E-state index contributed by atoms with van der Waals surface area (Å²) in [4.78, 5) is 0. The van der Waals surface area contributed by atoms with Crippen molar-refractivity contribution in [2.45, 2.75) is 20.3 Å². The van der Waals surface area contributed by atoms with E-state index in [1.807, 2.05) is 13.8 Å². The van der Waals surface area contributed by atoms with Gasteiger partial charge in [0.2, 0.25) is 0 Å². The van der Waals surface area contributed by atoms with E-state index in [4.69, 9.17) is 2.74 Å². The van der Waals surface area contributed by atoms with Gasteiger partial charge in [-0.15, -0.1) is 0 Å². The molecular weight excluding hydrogens is 112 g/mol. The van der Waals surface area contributed by atoms with Crippen LogP contribution in [-0.4, -0.2) is 9.78 Å². The first-order chi connectivity index (χ1) is 5.05. The molecule has 2 heteroatoms. The van der Waals surface area contributed by atoms with Crippen molar-refractivity contribution >= 4 is 0 Å². The van der Waals surface area contributed by atoms with Gasteiger partial charge in [-0.3, -0.25) is 4.68 Å². The van der Waals surface area contributed by atoms with Crippen LogP contribution in [0.15, 0.2) is 18.5 Å². The Morgan fingerprint density at radius 2 is 2.56 bits per heavy atom. The van der Waals surface area contributed by atoms with Crippen LogP contribution in [0.2, 0.25) is 0 Å². The summed E-state index contributed by atoms with van der Waals surface area (Å²) >= 11 is 0. The Labute approximate surface area is 58.3 Å². The molecule has 0 amide bonds. The second kappa shape index (κ2) is 2.67. The maximum absolute atomic E-state index is 7.61. The SMILES string of the molecule is [2H]C([2H])(C(C)C)n1cccn1. The van der Waals surface area contributed by atoms with Crippen molar-refractivity contribution in [3.63, 3.8) is 0 Å². The largest absolute Gasteiger partial charge is 0.273 e. The lowest BCUT2D eigenvalue weighted by molar-refractivity contribution is 0.483. The maximum atomic E-state index is 7.61. The smallest absolute Gasteiger partial charge is 0.0518 e. The summed E-state index contributed by atoms with van der Waals surface area (Å²) in [5, 5.41) is 3.85. The van der Waals surface area contributed by atoms with Crippen LogP contribution in [0.3, 0.4) is 0 Å². The van der Waals surface area contributed by atoms with Crippen LogP contribution in [0.1, 0.15) is 16.6 Å². The predicted molar refractivity (Wildman–Crippen MR) is 37.1 cm³/mol. The first kappa shape index (κ1) is 4.09. The fraction of sp³-hybridized carbons (Fsp3) is 0.571. The molecular formula is C7H12N2. The van der Waals surface area contributed by atoms with Crippen molar-refractivity contribution in [3.8, 4) is 0 Å². The number of nitrogens with zero attached hydrogens (tertiary/aromatic N) is 2. The molecule has 0 spiro atoms. The lowest BCUT2D eigenvalue weighted by Gasteiger charge is -2.02. The van der Waals surface area contributed by atoms with Crippen molar-refractivity contribution in [2.24, 2.45) is 5.92 Å². The van der Waals surface area contributed by atoms with E-state index in [1.54, 1.807) is 18.5 Å². The van der Waals surface area contributed by atoms with Gasteiger partial charge in [0.25, 0.3) is 0 Å². The topological polar surface area (TPSA) is 17.8 Å². The summed E-state index contributed by atoms with van der Waals surface area (Å²) in [5.41, 5.74) is 0. The van der Waals surface area contributed by atoms with Gasteiger partial charge >= 0.3 is 0 Å². The zero-order valence-electron chi connectivity index (χ0n) is 7.70. The zero-order valence-corrected chi connectivity index (χ0v) is 5.70. The van der Waals surface area contributed by atoms with E-state index in [2.05, 4.69) is 5.10 Å². The molecule has 50 valence electrons. The van der Waals surface area contributed by atoms with Gasteiger partial charge in [-0.25, -0.2) is 0 Å². The second-order valence-electron chi connectivity index (χ2n) is 2.23. The molecule has 0 aliphatic rings. The Balaban J connectivity index is 2.90. The number of rotatable bonds is 2. The highest BCUT2D eigenvalue weighted by Gasteiger charge is 1.93. The molecule has 1 aromatic heterocycles. The highest BCUT2D eigenvalue weighted by Crippen LogP contribution is 1.95. The molecule has 9 heavy (non-hydrogen) atoms.